The van der Waals surface area contributed by atoms with Crippen LogP contribution in [0.15, 0.2) is 18.2 Å². The summed E-state index contributed by atoms with van der Waals surface area (Å²) < 4.78 is 26.8. The van der Waals surface area contributed by atoms with Gasteiger partial charge in [0.2, 0.25) is 0 Å². The van der Waals surface area contributed by atoms with Gasteiger partial charge < -0.3 is 10.2 Å². The van der Waals surface area contributed by atoms with E-state index in [1.54, 1.807) is 0 Å². The second kappa shape index (κ2) is 6.81. The molecule has 0 bridgehead atoms. The first-order chi connectivity index (χ1) is 8.77. The molecule has 1 N–H and O–H groups in total. The lowest BCUT2D eigenvalue weighted by Crippen LogP contribution is -2.29. The van der Waals surface area contributed by atoms with Crippen molar-refractivity contribution in [1.82, 2.24) is 10.2 Å². The predicted octanol–water partition coefficient (Wildman–Crippen LogP) is 2.19. The lowest BCUT2D eigenvalue weighted by Gasteiger charge is -2.19. The first-order valence-electron chi connectivity index (χ1n) is 6.63. The summed E-state index contributed by atoms with van der Waals surface area (Å²) in [5.41, 5.74) is 0.227. The molecule has 1 heterocycles. The Kier molecular flexibility index (Phi) is 5.08. The van der Waals surface area contributed by atoms with Crippen LogP contribution in [0.3, 0.4) is 0 Å². The van der Waals surface area contributed by atoms with Crippen molar-refractivity contribution in [3.05, 3.63) is 35.4 Å². The van der Waals surface area contributed by atoms with Crippen molar-refractivity contribution in [2.75, 3.05) is 32.7 Å². The maximum atomic E-state index is 13.4. The molecule has 0 atom stereocenters. The van der Waals surface area contributed by atoms with Crippen LogP contribution in [0.2, 0.25) is 0 Å². The maximum absolute atomic E-state index is 13.4. The van der Waals surface area contributed by atoms with Gasteiger partial charge in [-0.2, -0.15) is 0 Å². The van der Waals surface area contributed by atoms with Gasteiger partial charge in [0, 0.05) is 18.7 Å². The van der Waals surface area contributed by atoms with Gasteiger partial charge in [-0.25, -0.2) is 8.78 Å². The summed E-state index contributed by atoms with van der Waals surface area (Å²) in [6.07, 6.45) is 2.42. The van der Waals surface area contributed by atoms with E-state index in [-0.39, 0.29) is 5.56 Å². The van der Waals surface area contributed by atoms with Crippen LogP contribution in [0.4, 0.5) is 8.78 Å². The van der Waals surface area contributed by atoms with Gasteiger partial charge in [-0.1, -0.05) is 6.07 Å². The van der Waals surface area contributed by atoms with E-state index < -0.39 is 11.6 Å². The van der Waals surface area contributed by atoms with Crippen LogP contribution < -0.4 is 5.32 Å². The summed E-state index contributed by atoms with van der Waals surface area (Å²) in [5.74, 6) is -0.847. The number of halogens is 2. The maximum Gasteiger partial charge on any atom is 0.129 e. The largest absolute Gasteiger partial charge is 0.315 e. The fraction of sp³-hybridized carbons (Fsp3) is 0.571. The smallest absolute Gasteiger partial charge is 0.129 e. The number of nitrogens with one attached hydrogen (secondary N) is 1. The standard InChI is InChI=1S/C14H20F2N2/c15-13-5-1-6-14(16)12(13)4-2-9-18-10-3-7-17-8-11-18/h1,5-6,17H,2-4,7-11H2. The van der Waals surface area contributed by atoms with E-state index >= 15 is 0 Å². The molecule has 0 unspecified atom stereocenters. The van der Waals surface area contributed by atoms with Gasteiger partial charge in [-0.05, 0) is 51.0 Å². The van der Waals surface area contributed by atoms with E-state index in [2.05, 4.69) is 10.2 Å². The first-order valence-corrected chi connectivity index (χ1v) is 6.63. The van der Waals surface area contributed by atoms with E-state index in [9.17, 15) is 8.78 Å². The number of benzene rings is 1. The molecule has 2 rings (SSSR count). The number of nitrogens with zero attached hydrogens (tertiary/aromatic N) is 1. The first kappa shape index (κ1) is 13.4. The van der Waals surface area contributed by atoms with E-state index in [4.69, 9.17) is 0 Å². The minimum absolute atomic E-state index is 0.227. The molecule has 1 aromatic carbocycles. The third kappa shape index (κ3) is 3.75. The van der Waals surface area contributed by atoms with Crippen molar-refractivity contribution in [3.8, 4) is 0 Å². The summed E-state index contributed by atoms with van der Waals surface area (Å²) in [4.78, 5) is 2.36. The molecule has 0 aliphatic carbocycles. The fourth-order valence-corrected chi connectivity index (χ4v) is 2.38. The molecule has 0 saturated carbocycles. The average Bonchev–Trinajstić information content (AvgIpc) is 2.61. The van der Waals surface area contributed by atoms with E-state index in [0.29, 0.717) is 6.42 Å². The van der Waals surface area contributed by atoms with Crippen LogP contribution >= 0.6 is 0 Å². The molecule has 0 aromatic heterocycles. The van der Waals surface area contributed by atoms with Gasteiger partial charge in [-0.15, -0.1) is 0 Å². The van der Waals surface area contributed by atoms with Gasteiger partial charge in [0.15, 0.2) is 0 Å². The van der Waals surface area contributed by atoms with E-state index in [0.717, 1.165) is 45.6 Å². The van der Waals surface area contributed by atoms with Crippen LogP contribution in [0.1, 0.15) is 18.4 Å². The van der Waals surface area contributed by atoms with Crippen molar-refractivity contribution in [2.45, 2.75) is 19.3 Å². The summed E-state index contributed by atoms with van der Waals surface area (Å²) in [6, 6.07) is 4.07. The molecule has 18 heavy (non-hydrogen) atoms. The fourth-order valence-electron chi connectivity index (χ4n) is 2.38. The zero-order chi connectivity index (χ0) is 12.8. The monoisotopic (exact) mass is 254 g/mol. The molecule has 1 aliphatic rings. The topological polar surface area (TPSA) is 15.3 Å². The van der Waals surface area contributed by atoms with Crippen LogP contribution in [0.5, 0.6) is 0 Å². The third-order valence-electron chi connectivity index (χ3n) is 3.40. The van der Waals surface area contributed by atoms with Gasteiger partial charge in [-0.3, -0.25) is 0 Å². The minimum atomic E-state index is -0.424. The molecule has 0 spiro atoms. The number of rotatable bonds is 4. The van der Waals surface area contributed by atoms with Crippen LogP contribution in [0.25, 0.3) is 0 Å². The zero-order valence-electron chi connectivity index (χ0n) is 10.6. The zero-order valence-corrected chi connectivity index (χ0v) is 10.6. The molecule has 100 valence electrons. The van der Waals surface area contributed by atoms with Crippen LogP contribution in [0, 0.1) is 11.6 Å². The molecule has 1 aliphatic heterocycles. The Morgan fingerprint density at radius 3 is 2.67 bits per heavy atom. The molecule has 1 aromatic rings. The van der Waals surface area contributed by atoms with Gasteiger partial charge in [0.1, 0.15) is 11.6 Å². The summed E-state index contributed by atoms with van der Waals surface area (Å²) in [5, 5.41) is 3.34. The molecular formula is C14H20F2N2. The normalized spacial score (nSPS) is 17.7. The van der Waals surface area contributed by atoms with E-state index in [1.807, 2.05) is 0 Å². The highest BCUT2D eigenvalue weighted by atomic mass is 19.1. The Hall–Kier alpha value is -1.00. The predicted molar refractivity (Wildman–Crippen MR) is 68.6 cm³/mol. The van der Waals surface area contributed by atoms with Crippen LogP contribution in [-0.4, -0.2) is 37.6 Å². The molecule has 1 saturated heterocycles. The highest BCUT2D eigenvalue weighted by Gasteiger charge is 2.11. The molecule has 4 heteroatoms. The lowest BCUT2D eigenvalue weighted by molar-refractivity contribution is 0.288. The Morgan fingerprint density at radius 2 is 1.89 bits per heavy atom. The molecule has 0 radical (unpaired) electrons. The second-order valence-electron chi connectivity index (χ2n) is 4.75. The van der Waals surface area contributed by atoms with Gasteiger partial charge >= 0.3 is 0 Å². The Balaban J connectivity index is 1.80. The van der Waals surface area contributed by atoms with Crippen molar-refractivity contribution in [3.63, 3.8) is 0 Å². The molecule has 0 amide bonds. The summed E-state index contributed by atoms with van der Waals surface area (Å²) in [6.45, 7) is 5.09. The summed E-state index contributed by atoms with van der Waals surface area (Å²) >= 11 is 0. The highest BCUT2D eigenvalue weighted by Crippen LogP contribution is 2.14. The number of hydrogen-bond donors (Lipinski definition) is 1. The molecule has 1 fully saturated rings. The summed E-state index contributed by atoms with van der Waals surface area (Å²) in [7, 11) is 0. The Bertz CT molecular complexity index is 354. The quantitative estimate of drug-likeness (QED) is 0.886. The van der Waals surface area contributed by atoms with Crippen molar-refractivity contribution in [1.29, 1.82) is 0 Å². The number of hydrogen-bond acceptors (Lipinski definition) is 2. The van der Waals surface area contributed by atoms with Crippen molar-refractivity contribution < 1.29 is 8.78 Å². The molecule has 2 nitrogen and oxygen atoms in total. The lowest BCUT2D eigenvalue weighted by atomic mass is 10.1. The van der Waals surface area contributed by atoms with Gasteiger partial charge in [0.25, 0.3) is 0 Å². The van der Waals surface area contributed by atoms with Crippen molar-refractivity contribution >= 4 is 0 Å². The minimum Gasteiger partial charge on any atom is -0.315 e. The SMILES string of the molecule is Fc1cccc(F)c1CCCN1CCCNCC1. The Labute approximate surface area is 107 Å². The molecular weight excluding hydrogens is 234 g/mol. The van der Waals surface area contributed by atoms with Crippen molar-refractivity contribution in [2.24, 2.45) is 0 Å². The highest BCUT2D eigenvalue weighted by molar-refractivity contribution is 5.19. The van der Waals surface area contributed by atoms with Gasteiger partial charge in [0.05, 0.1) is 0 Å². The second-order valence-corrected chi connectivity index (χ2v) is 4.75. The third-order valence-corrected chi connectivity index (χ3v) is 3.40. The van der Waals surface area contributed by atoms with E-state index in [1.165, 1.54) is 18.2 Å². The average molecular weight is 254 g/mol. The Morgan fingerprint density at radius 1 is 1.11 bits per heavy atom. The van der Waals surface area contributed by atoms with Crippen LogP contribution in [-0.2, 0) is 6.42 Å².